The largest absolute Gasteiger partial charge is 0.358 e. The van der Waals surface area contributed by atoms with Gasteiger partial charge in [-0.1, -0.05) is 11.1 Å². The van der Waals surface area contributed by atoms with E-state index in [9.17, 15) is 9.59 Å². The Kier molecular flexibility index (Phi) is 8.08. The summed E-state index contributed by atoms with van der Waals surface area (Å²) in [5.41, 5.74) is 0.922. The van der Waals surface area contributed by atoms with E-state index in [-0.39, 0.29) is 51.7 Å². The first-order valence-corrected chi connectivity index (χ1v) is 3.65. The van der Waals surface area contributed by atoms with Gasteiger partial charge >= 0.3 is 0 Å². The quantitative estimate of drug-likeness (QED) is 0.607. The van der Waals surface area contributed by atoms with E-state index in [4.69, 9.17) is 0 Å². The minimum Gasteiger partial charge on any atom is -0.358 e. The van der Waals surface area contributed by atoms with Crippen LogP contribution in [0.25, 0.3) is 0 Å². The van der Waals surface area contributed by atoms with E-state index in [0.717, 1.165) is 0 Å². The van der Waals surface area contributed by atoms with Crippen LogP contribution in [0.2, 0.25) is 0 Å². The van der Waals surface area contributed by atoms with Gasteiger partial charge in [0.1, 0.15) is 11.6 Å². The van der Waals surface area contributed by atoms with Crippen LogP contribution in [0.5, 0.6) is 0 Å². The van der Waals surface area contributed by atoms with Crippen molar-refractivity contribution in [3.63, 3.8) is 0 Å². The normalized spacial score (nSPS) is 8.14. The summed E-state index contributed by atoms with van der Waals surface area (Å²) in [7, 11) is 0. The minimum atomic E-state index is -0.1000. The van der Waals surface area contributed by atoms with Crippen LogP contribution in [0.15, 0.2) is 18.2 Å². The van der Waals surface area contributed by atoms with E-state index in [1.165, 1.54) is 13.8 Å². The molecule has 0 fully saturated rings. The summed E-state index contributed by atoms with van der Waals surface area (Å²) >= 11 is 0. The maximum Gasteiger partial charge on any atom is 0.136 e. The number of rotatable bonds is 2. The predicted octanol–water partition coefficient (Wildman–Crippen LogP) is 2.34. The SMILES string of the molecule is CC(=O)c1c[c-]ccc1C(C)=O.[CH3-].[Y]. The Morgan fingerprint density at radius 3 is 2.00 bits per heavy atom. The standard InChI is InChI=1S/C10H9O2.CH3.Y/c1-7(11)9-5-3-4-6-10(9)8(2)12;;/h3,5-6H,1-2H3;1H3;/q2*-1;. The summed E-state index contributed by atoms with van der Waals surface area (Å²) in [5, 5.41) is 0. The van der Waals surface area contributed by atoms with Gasteiger partial charge in [-0.3, -0.25) is 4.79 Å². The van der Waals surface area contributed by atoms with E-state index in [2.05, 4.69) is 6.07 Å². The first-order chi connectivity index (χ1) is 5.63. The average Bonchev–Trinajstić information content (AvgIpc) is 2.04. The second kappa shape index (κ2) is 7.02. The number of ketones is 2. The molecule has 3 heteroatoms. The number of hydrogen-bond donors (Lipinski definition) is 0. The Bertz CT molecular complexity index is 299. The molecule has 2 nitrogen and oxygen atoms in total. The first kappa shape index (κ1) is 16.1. The zero-order valence-electron chi connectivity index (χ0n) is 8.63. The van der Waals surface area contributed by atoms with Crippen molar-refractivity contribution >= 4 is 11.6 Å². The molecule has 0 amide bonds. The van der Waals surface area contributed by atoms with Gasteiger partial charge in [-0.2, -0.15) is 24.3 Å². The van der Waals surface area contributed by atoms with Crippen LogP contribution in [-0.2, 0) is 32.7 Å². The molecule has 14 heavy (non-hydrogen) atoms. The second-order valence-electron chi connectivity index (χ2n) is 2.58. The molecular weight excluding hydrogens is 253 g/mol. The second-order valence-corrected chi connectivity index (χ2v) is 2.58. The number of Topliss-reactive ketones (excluding diaryl/α,β-unsaturated/α-hetero) is 2. The number of carbonyl (C=O) groups is 2. The van der Waals surface area contributed by atoms with Crippen molar-refractivity contribution < 1.29 is 42.3 Å². The van der Waals surface area contributed by atoms with Crippen molar-refractivity contribution in [2.45, 2.75) is 13.8 Å². The van der Waals surface area contributed by atoms with Crippen LogP contribution in [0.3, 0.4) is 0 Å². The van der Waals surface area contributed by atoms with Gasteiger partial charge in [0.2, 0.25) is 0 Å². The number of carbonyl (C=O) groups excluding carboxylic acids is 2. The maximum absolute atomic E-state index is 11.0. The molecule has 0 heterocycles. The zero-order valence-corrected chi connectivity index (χ0v) is 11.5. The molecule has 1 aromatic rings. The molecule has 0 aliphatic carbocycles. The molecule has 0 N–H and O–H groups in total. The third-order valence-electron chi connectivity index (χ3n) is 1.62. The Balaban J connectivity index is 0. The fourth-order valence-corrected chi connectivity index (χ4v) is 1.03. The van der Waals surface area contributed by atoms with Gasteiger partial charge in [0.05, 0.1) is 0 Å². The number of hydrogen-bond acceptors (Lipinski definition) is 2. The van der Waals surface area contributed by atoms with Gasteiger partial charge in [0.25, 0.3) is 0 Å². The van der Waals surface area contributed by atoms with Gasteiger partial charge in [0.15, 0.2) is 0 Å². The minimum absolute atomic E-state index is 0. The fourth-order valence-electron chi connectivity index (χ4n) is 1.03. The van der Waals surface area contributed by atoms with Crippen LogP contribution in [-0.4, -0.2) is 11.6 Å². The van der Waals surface area contributed by atoms with Crippen molar-refractivity contribution in [3.05, 3.63) is 42.8 Å². The smallest absolute Gasteiger partial charge is 0.136 e. The van der Waals surface area contributed by atoms with Gasteiger partial charge in [0, 0.05) is 32.7 Å². The van der Waals surface area contributed by atoms with Crippen LogP contribution >= 0.6 is 0 Å². The van der Waals surface area contributed by atoms with E-state index < -0.39 is 0 Å². The Morgan fingerprint density at radius 2 is 1.64 bits per heavy atom. The molecule has 73 valence electrons. The summed E-state index contributed by atoms with van der Waals surface area (Å²) in [6.07, 6.45) is 0. The predicted molar refractivity (Wildman–Crippen MR) is 51.7 cm³/mol. The number of benzene rings is 1. The van der Waals surface area contributed by atoms with Gasteiger partial charge in [-0.25, -0.2) is 0 Å². The summed E-state index contributed by atoms with van der Waals surface area (Å²) in [5.74, 6) is -0.189. The van der Waals surface area contributed by atoms with Crippen molar-refractivity contribution in [1.82, 2.24) is 0 Å². The monoisotopic (exact) mass is 265 g/mol. The van der Waals surface area contributed by atoms with E-state index in [1.54, 1.807) is 18.2 Å². The van der Waals surface area contributed by atoms with Crippen LogP contribution < -0.4 is 0 Å². The summed E-state index contributed by atoms with van der Waals surface area (Å²) in [6.45, 7) is 2.89. The molecule has 0 atom stereocenters. The van der Waals surface area contributed by atoms with E-state index >= 15 is 0 Å². The van der Waals surface area contributed by atoms with E-state index in [1.807, 2.05) is 0 Å². The fraction of sp³-hybridized carbons (Fsp3) is 0.182. The van der Waals surface area contributed by atoms with Crippen molar-refractivity contribution in [3.8, 4) is 0 Å². The van der Waals surface area contributed by atoms with Gasteiger partial charge < -0.3 is 12.2 Å². The maximum atomic E-state index is 11.0. The van der Waals surface area contributed by atoms with Crippen LogP contribution in [0, 0.1) is 13.5 Å². The molecule has 0 spiro atoms. The molecule has 0 aliphatic heterocycles. The Labute approximate surface area is 110 Å². The topological polar surface area (TPSA) is 34.1 Å². The summed E-state index contributed by atoms with van der Waals surface area (Å²) in [6, 6.07) is 7.54. The van der Waals surface area contributed by atoms with Crippen LogP contribution in [0.1, 0.15) is 34.6 Å². The molecule has 0 bridgehead atoms. The molecule has 1 rings (SSSR count). The average molecular weight is 265 g/mol. The molecule has 0 unspecified atom stereocenters. The van der Waals surface area contributed by atoms with Crippen LogP contribution in [0.4, 0.5) is 0 Å². The van der Waals surface area contributed by atoms with Crippen molar-refractivity contribution in [1.29, 1.82) is 0 Å². The van der Waals surface area contributed by atoms with Gasteiger partial charge in [-0.15, -0.1) is 0 Å². The first-order valence-electron chi connectivity index (χ1n) is 3.65. The zero-order chi connectivity index (χ0) is 9.14. The summed E-state index contributed by atoms with van der Waals surface area (Å²) < 4.78 is 0. The third-order valence-corrected chi connectivity index (χ3v) is 1.62. The summed E-state index contributed by atoms with van der Waals surface area (Å²) in [4.78, 5) is 22.0. The molecular formula is C11H12O2Y-2. The van der Waals surface area contributed by atoms with Gasteiger partial charge in [-0.05, 0) is 13.8 Å². The third kappa shape index (κ3) is 3.81. The Hall–Kier alpha value is -0.336. The van der Waals surface area contributed by atoms with Crippen molar-refractivity contribution in [2.24, 2.45) is 0 Å². The molecule has 1 aromatic carbocycles. The van der Waals surface area contributed by atoms with E-state index in [0.29, 0.717) is 11.1 Å². The molecule has 0 aliphatic rings. The molecule has 1 radical (unpaired) electrons. The molecule has 0 aromatic heterocycles. The molecule has 0 saturated carbocycles. The Morgan fingerprint density at radius 1 is 1.14 bits per heavy atom. The van der Waals surface area contributed by atoms with Crippen molar-refractivity contribution in [2.75, 3.05) is 0 Å². The molecule has 0 saturated heterocycles.